The summed E-state index contributed by atoms with van der Waals surface area (Å²) in [7, 11) is 4.13. The number of rotatable bonds is 5. The van der Waals surface area contributed by atoms with Crippen LogP contribution in [0.3, 0.4) is 0 Å². The molecule has 0 amide bonds. The summed E-state index contributed by atoms with van der Waals surface area (Å²) < 4.78 is 14.3. The Morgan fingerprint density at radius 1 is 1.06 bits per heavy atom. The predicted molar refractivity (Wildman–Crippen MR) is 64.4 cm³/mol. The minimum atomic E-state index is -0.659. The molecule has 0 aliphatic carbocycles. The summed E-state index contributed by atoms with van der Waals surface area (Å²) in [5, 5.41) is 0. The van der Waals surface area contributed by atoms with Crippen LogP contribution in [0.1, 0.15) is 17.9 Å². The zero-order valence-corrected chi connectivity index (χ0v) is 10.6. The molecule has 0 aliphatic rings. The molecule has 0 bridgehead atoms. The monoisotopic (exact) mass is 252 g/mol. The second kappa shape index (κ2) is 6.64. The predicted octanol–water partition coefficient (Wildman–Crippen LogP) is 1.51. The minimum absolute atomic E-state index is 0.0461. The van der Waals surface area contributed by atoms with Crippen LogP contribution in [-0.2, 0) is 19.1 Å². The highest BCUT2D eigenvalue weighted by Gasteiger charge is 2.25. The molecule has 1 atom stereocenters. The van der Waals surface area contributed by atoms with Gasteiger partial charge in [0.1, 0.15) is 5.75 Å². The minimum Gasteiger partial charge on any atom is -0.497 e. The van der Waals surface area contributed by atoms with Crippen LogP contribution in [0.15, 0.2) is 24.3 Å². The van der Waals surface area contributed by atoms with Crippen molar-refractivity contribution in [2.75, 3.05) is 21.3 Å². The van der Waals surface area contributed by atoms with Crippen LogP contribution in [-0.4, -0.2) is 33.3 Å². The molecule has 0 unspecified atom stereocenters. The molecule has 0 heterocycles. The number of carbonyl (C=O) groups is 2. The first-order valence-electron chi connectivity index (χ1n) is 5.41. The Balaban J connectivity index is 2.93. The Hall–Kier alpha value is -2.04. The zero-order valence-electron chi connectivity index (χ0n) is 10.6. The topological polar surface area (TPSA) is 61.8 Å². The normalized spacial score (nSPS) is 11.5. The van der Waals surface area contributed by atoms with Gasteiger partial charge in [0.25, 0.3) is 0 Å². The molecule has 0 spiro atoms. The van der Waals surface area contributed by atoms with Crippen molar-refractivity contribution in [3.05, 3.63) is 29.8 Å². The number of methoxy groups -OCH3 is 3. The Labute approximate surface area is 106 Å². The average molecular weight is 252 g/mol. The first kappa shape index (κ1) is 14.0. The summed E-state index contributed by atoms with van der Waals surface area (Å²) in [5.41, 5.74) is 0.688. The van der Waals surface area contributed by atoms with Gasteiger partial charge in [0, 0.05) is 0 Å². The maximum atomic E-state index is 11.7. The lowest BCUT2D eigenvalue weighted by molar-refractivity contribution is -0.149. The number of esters is 2. The second-order valence-electron chi connectivity index (χ2n) is 3.63. The number of benzene rings is 1. The third-order valence-corrected chi connectivity index (χ3v) is 2.60. The van der Waals surface area contributed by atoms with E-state index >= 15 is 0 Å². The Kier molecular flexibility index (Phi) is 5.17. The van der Waals surface area contributed by atoms with Crippen LogP contribution in [0, 0.1) is 0 Å². The summed E-state index contributed by atoms with van der Waals surface area (Å²) in [5.74, 6) is -0.902. The van der Waals surface area contributed by atoms with Crippen LogP contribution >= 0.6 is 0 Å². The second-order valence-corrected chi connectivity index (χ2v) is 3.63. The summed E-state index contributed by atoms with van der Waals surface area (Å²) in [6, 6.07) is 6.90. The van der Waals surface area contributed by atoms with E-state index in [0.29, 0.717) is 11.3 Å². The van der Waals surface area contributed by atoms with E-state index < -0.39 is 17.9 Å². The molecular weight excluding hydrogens is 236 g/mol. The summed E-state index contributed by atoms with van der Waals surface area (Å²) in [6.07, 6.45) is -0.0461. The maximum Gasteiger partial charge on any atom is 0.313 e. The van der Waals surface area contributed by atoms with E-state index in [-0.39, 0.29) is 6.42 Å². The van der Waals surface area contributed by atoms with Crippen LogP contribution in [0.2, 0.25) is 0 Å². The van der Waals surface area contributed by atoms with E-state index in [4.69, 9.17) is 9.47 Å². The quantitative estimate of drug-likeness (QED) is 0.743. The molecule has 1 aromatic rings. The fourth-order valence-corrected chi connectivity index (χ4v) is 1.57. The molecule has 0 N–H and O–H groups in total. The molecule has 5 nitrogen and oxygen atoms in total. The smallest absolute Gasteiger partial charge is 0.313 e. The van der Waals surface area contributed by atoms with Gasteiger partial charge in [-0.25, -0.2) is 0 Å². The Morgan fingerprint density at radius 3 is 2.11 bits per heavy atom. The van der Waals surface area contributed by atoms with Crippen molar-refractivity contribution in [2.45, 2.75) is 12.3 Å². The zero-order chi connectivity index (χ0) is 13.5. The largest absolute Gasteiger partial charge is 0.497 e. The van der Waals surface area contributed by atoms with E-state index in [2.05, 4.69) is 4.74 Å². The number of ether oxygens (including phenoxy) is 3. The van der Waals surface area contributed by atoms with Crippen LogP contribution in [0.4, 0.5) is 0 Å². The van der Waals surface area contributed by atoms with Crippen molar-refractivity contribution in [2.24, 2.45) is 0 Å². The summed E-state index contributed by atoms with van der Waals surface area (Å²) in [4.78, 5) is 22.9. The van der Waals surface area contributed by atoms with Crippen molar-refractivity contribution < 1.29 is 23.8 Å². The van der Waals surface area contributed by atoms with Crippen molar-refractivity contribution in [3.8, 4) is 5.75 Å². The molecule has 1 rings (SSSR count). The maximum absolute atomic E-state index is 11.7. The SMILES string of the molecule is COC(=O)C[C@H](C(=O)OC)c1ccc(OC)cc1. The van der Waals surface area contributed by atoms with Crippen LogP contribution < -0.4 is 4.74 Å². The van der Waals surface area contributed by atoms with Crippen molar-refractivity contribution in [3.63, 3.8) is 0 Å². The van der Waals surface area contributed by atoms with Gasteiger partial charge in [-0.05, 0) is 17.7 Å². The lowest BCUT2D eigenvalue weighted by Crippen LogP contribution is -2.18. The van der Waals surface area contributed by atoms with E-state index in [0.717, 1.165) is 0 Å². The van der Waals surface area contributed by atoms with E-state index in [1.54, 1.807) is 31.4 Å². The standard InChI is InChI=1S/C13H16O5/c1-16-10-6-4-9(5-7-10)11(13(15)18-3)8-12(14)17-2/h4-7,11H,8H2,1-3H3/t11-/m0/s1. The van der Waals surface area contributed by atoms with Gasteiger partial charge in [-0.3, -0.25) is 9.59 Å². The molecule has 18 heavy (non-hydrogen) atoms. The molecule has 98 valence electrons. The molecule has 5 heteroatoms. The highest BCUT2D eigenvalue weighted by atomic mass is 16.5. The third-order valence-electron chi connectivity index (χ3n) is 2.60. The van der Waals surface area contributed by atoms with Gasteiger partial charge in [0.2, 0.25) is 0 Å². The van der Waals surface area contributed by atoms with E-state index in [9.17, 15) is 9.59 Å². The van der Waals surface area contributed by atoms with Gasteiger partial charge in [0.05, 0.1) is 33.7 Å². The first-order valence-corrected chi connectivity index (χ1v) is 5.41. The molecule has 0 aliphatic heterocycles. The molecule has 0 fully saturated rings. The van der Waals surface area contributed by atoms with Gasteiger partial charge in [-0.1, -0.05) is 12.1 Å². The Morgan fingerprint density at radius 2 is 1.67 bits per heavy atom. The average Bonchev–Trinajstić information content (AvgIpc) is 2.43. The van der Waals surface area contributed by atoms with E-state index in [1.807, 2.05) is 0 Å². The molecule has 0 saturated carbocycles. The molecule has 0 aromatic heterocycles. The summed E-state index contributed by atoms with van der Waals surface area (Å²) in [6.45, 7) is 0. The number of hydrogen-bond acceptors (Lipinski definition) is 5. The van der Waals surface area contributed by atoms with Gasteiger partial charge in [0.15, 0.2) is 0 Å². The molecule has 1 aromatic carbocycles. The Bertz CT molecular complexity index is 410. The summed E-state index contributed by atoms with van der Waals surface area (Å²) >= 11 is 0. The lowest BCUT2D eigenvalue weighted by atomic mass is 9.96. The third kappa shape index (κ3) is 3.48. The van der Waals surface area contributed by atoms with Gasteiger partial charge in [-0.2, -0.15) is 0 Å². The van der Waals surface area contributed by atoms with Crippen molar-refractivity contribution in [1.29, 1.82) is 0 Å². The fourth-order valence-electron chi connectivity index (χ4n) is 1.57. The number of carbonyl (C=O) groups excluding carboxylic acids is 2. The van der Waals surface area contributed by atoms with Gasteiger partial charge < -0.3 is 14.2 Å². The number of hydrogen-bond donors (Lipinski definition) is 0. The van der Waals surface area contributed by atoms with Crippen molar-refractivity contribution in [1.82, 2.24) is 0 Å². The molecular formula is C13H16O5. The van der Waals surface area contributed by atoms with E-state index in [1.165, 1.54) is 14.2 Å². The van der Waals surface area contributed by atoms with Crippen LogP contribution in [0.25, 0.3) is 0 Å². The highest BCUT2D eigenvalue weighted by Crippen LogP contribution is 2.24. The molecule has 0 radical (unpaired) electrons. The molecule has 0 saturated heterocycles. The van der Waals surface area contributed by atoms with Crippen LogP contribution in [0.5, 0.6) is 5.75 Å². The lowest BCUT2D eigenvalue weighted by Gasteiger charge is -2.14. The highest BCUT2D eigenvalue weighted by molar-refractivity contribution is 5.84. The van der Waals surface area contributed by atoms with Gasteiger partial charge >= 0.3 is 11.9 Å². The van der Waals surface area contributed by atoms with Crippen molar-refractivity contribution >= 4 is 11.9 Å². The van der Waals surface area contributed by atoms with Gasteiger partial charge in [-0.15, -0.1) is 0 Å². The first-order chi connectivity index (χ1) is 8.62. The fraction of sp³-hybridized carbons (Fsp3) is 0.385.